The maximum Gasteiger partial charge on any atom is 0.325 e. The Morgan fingerprint density at radius 1 is 1.42 bits per heavy atom. The van der Waals surface area contributed by atoms with Crippen LogP contribution in [0, 0.1) is 0 Å². The molecule has 0 aromatic heterocycles. The van der Waals surface area contributed by atoms with Gasteiger partial charge < -0.3 is 15.8 Å². The van der Waals surface area contributed by atoms with E-state index in [0.717, 1.165) is 12.8 Å². The van der Waals surface area contributed by atoms with Crippen LogP contribution in [0.25, 0.3) is 0 Å². The Morgan fingerprint density at radius 2 is 2.16 bits per heavy atom. The Kier molecular flexibility index (Phi) is 6.15. The van der Waals surface area contributed by atoms with Crippen LogP contribution in [-0.2, 0) is 9.53 Å². The number of hydrogen-bond acceptors (Lipinski definition) is 4. The third-order valence-corrected chi connectivity index (χ3v) is 2.67. The minimum absolute atomic E-state index is 0.0374. The first-order valence-corrected chi connectivity index (χ1v) is 6.41. The van der Waals surface area contributed by atoms with Crippen LogP contribution in [0.4, 0.5) is 5.69 Å². The zero-order chi connectivity index (χ0) is 14.3. The van der Waals surface area contributed by atoms with Gasteiger partial charge in [-0.3, -0.25) is 9.59 Å². The van der Waals surface area contributed by atoms with Gasteiger partial charge in [0.2, 0.25) is 0 Å². The minimum Gasteiger partial charge on any atom is -0.464 e. The molecule has 104 valence electrons. The lowest BCUT2D eigenvalue weighted by molar-refractivity contribution is -0.141. The Hall–Kier alpha value is -1.75. The summed E-state index contributed by atoms with van der Waals surface area (Å²) in [7, 11) is 0. The number of halogens is 1. The van der Waals surface area contributed by atoms with Gasteiger partial charge in [0.1, 0.15) is 6.54 Å². The van der Waals surface area contributed by atoms with Crippen LogP contribution in [-0.4, -0.2) is 25.0 Å². The third kappa shape index (κ3) is 5.18. The first-order valence-electron chi connectivity index (χ1n) is 6.03. The monoisotopic (exact) mass is 284 g/mol. The van der Waals surface area contributed by atoms with E-state index in [0.29, 0.717) is 17.3 Å². The van der Waals surface area contributed by atoms with E-state index in [1.54, 1.807) is 12.1 Å². The normalized spacial score (nSPS) is 10.0. The molecule has 1 aromatic rings. The molecule has 5 nitrogen and oxygen atoms in total. The van der Waals surface area contributed by atoms with E-state index in [2.05, 4.69) is 5.32 Å². The van der Waals surface area contributed by atoms with E-state index in [9.17, 15) is 9.59 Å². The number of ether oxygens (including phenoxy) is 1. The third-order valence-electron chi connectivity index (χ3n) is 2.43. The summed E-state index contributed by atoms with van der Waals surface area (Å²) in [5, 5.41) is 3.25. The van der Waals surface area contributed by atoms with Gasteiger partial charge in [0.15, 0.2) is 0 Å². The van der Waals surface area contributed by atoms with Gasteiger partial charge >= 0.3 is 5.97 Å². The molecular formula is C13H17ClN2O3. The van der Waals surface area contributed by atoms with Crippen LogP contribution in [0.2, 0.25) is 5.02 Å². The van der Waals surface area contributed by atoms with E-state index >= 15 is 0 Å². The van der Waals surface area contributed by atoms with Gasteiger partial charge in [-0.2, -0.15) is 0 Å². The molecule has 0 saturated heterocycles. The summed E-state index contributed by atoms with van der Waals surface area (Å²) < 4.78 is 4.98. The van der Waals surface area contributed by atoms with Gasteiger partial charge in [-0.15, -0.1) is 0 Å². The maximum absolute atomic E-state index is 11.4. The fourth-order valence-corrected chi connectivity index (χ4v) is 1.60. The Balaban J connectivity index is 2.59. The number of nitrogens with two attached hydrogens (primary N) is 1. The lowest BCUT2D eigenvalue weighted by Crippen LogP contribution is -2.20. The molecule has 0 fully saturated rings. The van der Waals surface area contributed by atoms with E-state index in [-0.39, 0.29) is 18.1 Å². The quantitative estimate of drug-likeness (QED) is 0.594. The number of carbonyl (C=O) groups is 2. The van der Waals surface area contributed by atoms with Crippen LogP contribution in [0.1, 0.15) is 30.1 Å². The summed E-state index contributed by atoms with van der Waals surface area (Å²) >= 11 is 5.83. The molecule has 1 rings (SSSR count). The van der Waals surface area contributed by atoms with Crippen LogP contribution < -0.4 is 11.1 Å². The number of amides is 1. The number of benzene rings is 1. The first kappa shape index (κ1) is 15.3. The van der Waals surface area contributed by atoms with Crippen molar-refractivity contribution in [2.24, 2.45) is 5.73 Å². The molecule has 0 unspecified atom stereocenters. The summed E-state index contributed by atoms with van der Waals surface area (Å²) in [5.74, 6) is -0.970. The molecule has 19 heavy (non-hydrogen) atoms. The van der Waals surface area contributed by atoms with Crippen molar-refractivity contribution in [3.05, 3.63) is 28.8 Å². The van der Waals surface area contributed by atoms with Gasteiger partial charge in [0.05, 0.1) is 12.2 Å². The van der Waals surface area contributed by atoms with Gasteiger partial charge in [0.25, 0.3) is 5.91 Å². The Morgan fingerprint density at radius 3 is 2.79 bits per heavy atom. The van der Waals surface area contributed by atoms with Crippen LogP contribution in [0.3, 0.4) is 0 Å². The standard InChI is InChI=1S/C13H17ClN2O3/c1-2-3-6-19-12(17)8-16-11-7-9(14)4-5-10(11)13(15)18/h4-5,7,16H,2-3,6,8H2,1H3,(H2,15,18). The predicted octanol–water partition coefficient (Wildman–Crippen LogP) is 2.19. The van der Waals surface area contributed by atoms with E-state index in [1.165, 1.54) is 6.07 Å². The van der Waals surface area contributed by atoms with Crippen molar-refractivity contribution in [3.63, 3.8) is 0 Å². The number of hydrogen-bond donors (Lipinski definition) is 2. The fraction of sp³-hybridized carbons (Fsp3) is 0.385. The molecule has 3 N–H and O–H groups in total. The van der Waals surface area contributed by atoms with Crippen LogP contribution in [0.5, 0.6) is 0 Å². The Labute approximate surface area is 117 Å². The van der Waals surface area contributed by atoms with E-state index < -0.39 is 5.91 Å². The van der Waals surface area contributed by atoms with Gasteiger partial charge in [0, 0.05) is 10.7 Å². The molecule has 0 radical (unpaired) electrons. The lowest BCUT2D eigenvalue weighted by Gasteiger charge is -2.10. The molecule has 0 spiro atoms. The van der Waals surface area contributed by atoms with Gasteiger partial charge in [-0.1, -0.05) is 24.9 Å². The van der Waals surface area contributed by atoms with Crippen molar-refractivity contribution in [3.8, 4) is 0 Å². The molecular weight excluding hydrogens is 268 g/mol. The van der Waals surface area contributed by atoms with Crippen LogP contribution >= 0.6 is 11.6 Å². The summed E-state index contributed by atoms with van der Waals surface area (Å²) in [4.78, 5) is 22.6. The maximum atomic E-state index is 11.4. The molecule has 0 aliphatic rings. The molecule has 0 aliphatic heterocycles. The molecule has 0 heterocycles. The van der Waals surface area contributed by atoms with Crippen molar-refractivity contribution in [2.45, 2.75) is 19.8 Å². The molecule has 0 atom stereocenters. The zero-order valence-electron chi connectivity index (χ0n) is 10.7. The second-order valence-electron chi connectivity index (χ2n) is 3.98. The number of anilines is 1. The van der Waals surface area contributed by atoms with E-state index in [4.69, 9.17) is 22.1 Å². The average Bonchev–Trinajstić information content (AvgIpc) is 2.36. The average molecular weight is 285 g/mol. The van der Waals surface area contributed by atoms with Crippen molar-refractivity contribution >= 4 is 29.2 Å². The smallest absolute Gasteiger partial charge is 0.325 e. The summed E-state index contributed by atoms with van der Waals surface area (Å²) in [6.45, 7) is 2.37. The predicted molar refractivity (Wildman–Crippen MR) is 74.3 cm³/mol. The summed E-state index contributed by atoms with van der Waals surface area (Å²) in [6, 6.07) is 4.61. The highest BCUT2D eigenvalue weighted by atomic mass is 35.5. The first-order chi connectivity index (χ1) is 9.04. The highest BCUT2D eigenvalue weighted by Crippen LogP contribution is 2.20. The highest BCUT2D eigenvalue weighted by Gasteiger charge is 2.10. The van der Waals surface area contributed by atoms with Crippen molar-refractivity contribution < 1.29 is 14.3 Å². The molecule has 0 aliphatic carbocycles. The number of unbranched alkanes of at least 4 members (excludes halogenated alkanes) is 1. The summed E-state index contributed by atoms with van der Waals surface area (Å²) in [5.41, 5.74) is 5.94. The number of carbonyl (C=O) groups excluding carboxylic acids is 2. The Bertz CT molecular complexity index is 463. The minimum atomic E-state index is -0.585. The fourth-order valence-electron chi connectivity index (χ4n) is 1.43. The second kappa shape index (κ2) is 7.63. The highest BCUT2D eigenvalue weighted by molar-refractivity contribution is 6.31. The van der Waals surface area contributed by atoms with Crippen molar-refractivity contribution in [1.82, 2.24) is 0 Å². The number of esters is 1. The van der Waals surface area contributed by atoms with E-state index in [1.807, 2.05) is 6.92 Å². The number of primary amides is 1. The number of nitrogens with one attached hydrogen (secondary N) is 1. The molecule has 1 amide bonds. The number of rotatable bonds is 7. The molecule has 0 saturated carbocycles. The molecule has 6 heteroatoms. The molecule has 1 aromatic carbocycles. The topological polar surface area (TPSA) is 81.4 Å². The van der Waals surface area contributed by atoms with Crippen molar-refractivity contribution in [1.29, 1.82) is 0 Å². The SMILES string of the molecule is CCCCOC(=O)CNc1cc(Cl)ccc1C(N)=O. The van der Waals surface area contributed by atoms with Crippen molar-refractivity contribution in [2.75, 3.05) is 18.5 Å². The van der Waals surface area contributed by atoms with Gasteiger partial charge in [-0.25, -0.2) is 0 Å². The van der Waals surface area contributed by atoms with Gasteiger partial charge in [-0.05, 0) is 24.6 Å². The second-order valence-corrected chi connectivity index (χ2v) is 4.42. The lowest BCUT2D eigenvalue weighted by atomic mass is 10.1. The van der Waals surface area contributed by atoms with Crippen LogP contribution in [0.15, 0.2) is 18.2 Å². The largest absolute Gasteiger partial charge is 0.464 e. The molecule has 0 bridgehead atoms. The zero-order valence-corrected chi connectivity index (χ0v) is 11.5. The summed E-state index contributed by atoms with van der Waals surface area (Å²) in [6.07, 6.45) is 1.79.